The summed E-state index contributed by atoms with van der Waals surface area (Å²) < 4.78 is 13.3. The molecule has 1 saturated heterocycles. The molecule has 2 N–H and O–H groups in total. The summed E-state index contributed by atoms with van der Waals surface area (Å²) in [6, 6.07) is 14.0. The molecule has 1 amide bonds. The van der Waals surface area contributed by atoms with E-state index < -0.39 is 0 Å². The lowest BCUT2D eigenvalue weighted by Gasteiger charge is -2.32. The average molecular weight is 312 g/mol. The number of carbonyl (C=O) groups excluding carboxylic acids is 1. The van der Waals surface area contributed by atoms with Gasteiger partial charge in [-0.25, -0.2) is 4.39 Å². The zero-order chi connectivity index (χ0) is 16.2. The number of nitrogen functional groups attached to an aromatic ring is 1. The van der Waals surface area contributed by atoms with Crippen molar-refractivity contribution in [1.29, 1.82) is 0 Å². The van der Waals surface area contributed by atoms with E-state index in [-0.39, 0.29) is 11.7 Å². The largest absolute Gasteiger partial charge is 0.398 e. The summed E-state index contributed by atoms with van der Waals surface area (Å²) >= 11 is 0. The maximum absolute atomic E-state index is 13.3. The second-order valence-electron chi connectivity index (χ2n) is 6.16. The molecular weight excluding hydrogens is 291 g/mol. The number of para-hydroxylation sites is 1. The number of carbonyl (C=O) groups is 1. The predicted octanol–water partition coefficient (Wildman–Crippen LogP) is 3.50. The monoisotopic (exact) mass is 312 g/mol. The van der Waals surface area contributed by atoms with Gasteiger partial charge in [-0.3, -0.25) is 4.79 Å². The third-order valence-corrected chi connectivity index (χ3v) is 4.51. The van der Waals surface area contributed by atoms with Crippen molar-refractivity contribution in [3.05, 3.63) is 65.5 Å². The number of amides is 1. The molecule has 1 fully saturated rings. The molecule has 0 saturated carbocycles. The lowest BCUT2D eigenvalue weighted by Crippen LogP contribution is -2.39. The maximum atomic E-state index is 13.3. The first kappa shape index (κ1) is 15.5. The van der Waals surface area contributed by atoms with Crippen LogP contribution < -0.4 is 5.73 Å². The molecular formula is C19H21FN2O. The molecule has 1 aliphatic rings. The van der Waals surface area contributed by atoms with Gasteiger partial charge in [-0.1, -0.05) is 24.3 Å². The van der Waals surface area contributed by atoms with Crippen LogP contribution in [0.1, 0.15) is 28.8 Å². The molecule has 1 aliphatic heterocycles. The quantitative estimate of drug-likeness (QED) is 0.882. The van der Waals surface area contributed by atoms with E-state index in [1.54, 1.807) is 24.3 Å². The number of anilines is 1. The fourth-order valence-electron chi connectivity index (χ4n) is 3.20. The first-order chi connectivity index (χ1) is 11.1. The van der Waals surface area contributed by atoms with Crippen LogP contribution in [0.4, 0.5) is 10.1 Å². The smallest absolute Gasteiger partial charge is 0.255 e. The summed E-state index contributed by atoms with van der Waals surface area (Å²) in [6.45, 7) is 1.46. The van der Waals surface area contributed by atoms with Crippen LogP contribution in [0.15, 0.2) is 48.5 Å². The van der Waals surface area contributed by atoms with Crippen LogP contribution in [-0.4, -0.2) is 23.9 Å². The molecule has 0 aliphatic carbocycles. The van der Waals surface area contributed by atoms with Crippen molar-refractivity contribution < 1.29 is 9.18 Å². The highest BCUT2D eigenvalue weighted by Crippen LogP contribution is 2.24. The molecule has 0 bridgehead atoms. The van der Waals surface area contributed by atoms with Crippen molar-refractivity contribution in [2.45, 2.75) is 19.3 Å². The van der Waals surface area contributed by atoms with Crippen LogP contribution in [-0.2, 0) is 6.42 Å². The van der Waals surface area contributed by atoms with Gasteiger partial charge in [0.2, 0.25) is 0 Å². The average Bonchev–Trinajstić information content (AvgIpc) is 2.55. The van der Waals surface area contributed by atoms with Crippen LogP contribution in [0.3, 0.4) is 0 Å². The Balaban J connectivity index is 1.58. The highest BCUT2D eigenvalue weighted by Gasteiger charge is 2.24. The number of halogens is 1. The van der Waals surface area contributed by atoms with E-state index in [2.05, 4.69) is 0 Å². The normalized spacial score (nSPS) is 15.6. The van der Waals surface area contributed by atoms with Crippen LogP contribution >= 0.6 is 0 Å². The molecule has 120 valence electrons. The van der Waals surface area contributed by atoms with Crippen LogP contribution in [0.2, 0.25) is 0 Å². The number of rotatable bonds is 3. The molecule has 0 aromatic heterocycles. The minimum Gasteiger partial charge on any atom is -0.398 e. The molecule has 0 spiro atoms. The number of hydrogen-bond acceptors (Lipinski definition) is 2. The Morgan fingerprint density at radius 1 is 1.13 bits per heavy atom. The molecule has 3 nitrogen and oxygen atoms in total. The second-order valence-corrected chi connectivity index (χ2v) is 6.16. The van der Waals surface area contributed by atoms with Gasteiger partial charge in [0.25, 0.3) is 5.91 Å². The van der Waals surface area contributed by atoms with Crippen molar-refractivity contribution in [3.8, 4) is 0 Å². The maximum Gasteiger partial charge on any atom is 0.255 e. The van der Waals surface area contributed by atoms with Gasteiger partial charge in [-0.15, -0.1) is 0 Å². The number of hydrogen-bond donors (Lipinski definition) is 1. The van der Waals surface area contributed by atoms with Gasteiger partial charge in [-0.05, 0) is 55.0 Å². The lowest BCUT2D eigenvalue weighted by atomic mass is 9.90. The van der Waals surface area contributed by atoms with E-state index in [1.165, 1.54) is 6.07 Å². The molecule has 1 heterocycles. The Labute approximate surface area is 135 Å². The van der Waals surface area contributed by atoms with Crippen molar-refractivity contribution in [2.24, 2.45) is 5.92 Å². The van der Waals surface area contributed by atoms with Gasteiger partial charge in [0.05, 0.1) is 5.56 Å². The Hall–Kier alpha value is -2.36. The standard InChI is InChI=1S/C19H21FN2O/c20-16-5-3-4-15(13-16)12-14-8-10-22(11-9-14)19(23)17-6-1-2-7-18(17)21/h1-7,13-14H,8-12,21H2. The molecule has 2 aromatic carbocycles. The van der Waals surface area contributed by atoms with Crippen molar-refractivity contribution >= 4 is 11.6 Å². The van der Waals surface area contributed by atoms with Gasteiger partial charge < -0.3 is 10.6 Å². The third kappa shape index (κ3) is 3.70. The minimum atomic E-state index is -0.185. The second kappa shape index (κ2) is 6.82. The van der Waals surface area contributed by atoms with E-state index in [9.17, 15) is 9.18 Å². The van der Waals surface area contributed by atoms with E-state index in [0.29, 0.717) is 17.2 Å². The summed E-state index contributed by atoms with van der Waals surface area (Å²) in [5.74, 6) is 0.316. The van der Waals surface area contributed by atoms with Gasteiger partial charge in [0, 0.05) is 18.8 Å². The summed E-state index contributed by atoms with van der Waals surface area (Å²) in [5, 5.41) is 0. The molecule has 0 radical (unpaired) electrons. The summed E-state index contributed by atoms with van der Waals surface area (Å²) in [5.41, 5.74) is 8.03. The third-order valence-electron chi connectivity index (χ3n) is 4.51. The lowest BCUT2D eigenvalue weighted by molar-refractivity contribution is 0.0691. The summed E-state index contributed by atoms with van der Waals surface area (Å²) in [4.78, 5) is 14.4. The zero-order valence-electron chi connectivity index (χ0n) is 13.0. The molecule has 3 rings (SSSR count). The first-order valence-corrected chi connectivity index (χ1v) is 8.01. The van der Waals surface area contributed by atoms with Crippen LogP contribution in [0.5, 0.6) is 0 Å². The summed E-state index contributed by atoms with van der Waals surface area (Å²) in [6.07, 6.45) is 2.75. The number of likely N-dealkylation sites (tertiary alicyclic amines) is 1. The Morgan fingerprint density at radius 2 is 1.87 bits per heavy atom. The molecule has 0 unspecified atom stereocenters. The number of benzene rings is 2. The van der Waals surface area contributed by atoms with E-state index >= 15 is 0 Å². The Morgan fingerprint density at radius 3 is 2.57 bits per heavy atom. The van der Waals surface area contributed by atoms with E-state index in [0.717, 1.165) is 37.9 Å². The number of nitrogens with two attached hydrogens (primary N) is 1. The molecule has 2 aromatic rings. The number of piperidine rings is 1. The fraction of sp³-hybridized carbons (Fsp3) is 0.316. The summed E-state index contributed by atoms with van der Waals surface area (Å²) in [7, 11) is 0. The van der Waals surface area contributed by atoms with Crippen LogP contribution in [0, 0.1) is 11.7 Å². The molecule has 0 atom stereocenters. The van der Waals surface area contributed by atoms with Gasteiger partial charge >= 0.3 is 0 Å². The predicted molar refractivity (Wildman–Crippen MR) is 89.6 cm³/mol. The zero-order valence-corrected chi connectivity index (χ0v) is 13.0. The highest BCUT2D eigenvalue weighted by molar-refractivity contribution is 5.99. The van der Waals surface area contributed by atoms with Gasteiger partial charge in [0.1, 0.15) is 5.82 Å². The van der Waals surface area contributed by atoms with Gasteiger partial charge in [0.15, 0.2) is 0 Å². The Bertz CT molecular complexity index is 693. The SMILES string of the molecule is Nc1ccccc1C(=O)N1CCC(Cc2cccc(F)c2)CC1. The van der Waals surface area contributed by atoms with E-state index in [1.807, 2.05) is 23.1 Å². The molecule has 23 heavy (non-hydrogen) atoms. The van der Waals surface area contributed by atoms with Crippen molar-refractivity contribution in [2.75, 3.05) is 18.8 Å². The first-order valence-electron chi connectivity index (χ1n) is 8.01. The highest BCUT2D eigenvalue weighted by atomic mass is 19.1. The van der Waals surface area contributed by atoms with Crippen molar-refractivity contribution in [1.82, 2.24) is 4.90 Å². The van der Waals surface area contributed by atoms with Crippen LogP contribution in [0.25, 0.3) is 0 Å². The Kier molecular flexibility index (Phi) is 4.60. The minimum absolute atomic E-state index is 0.00676. The van der Waals surface area contributed by atoms with Crippen molar-refractivity contribution in [3.63, 3.8) is 0 Å². The molecule has 4 heteroatoms. The number of nitrogens with zero attached hydrogens (tertiary/aromatic N) is 1. The topological polar surface area (TPSA) is 46.3 Å². The fourth-order valence-corrected chi connectivity index (χ4v) is 3.20. The van der Waals surface area contributed by atoms with Gasteiger partial charge in [-0.2, -0.15) is 0 Å². The van der Waals surface area contributed by atoms with E-state index in [4.69, 9.17) is 5.73 Å².